The van der Waals surface area contributed by atoms with E-state index in [0.29, 0.717) is 6.54 Å². The number of aromatic nitrogens is 1. The molecular weight excluding hydrogens is 286 g/mol. The van der Waals surface area contributed by atoms with E-state index in [9.17, 15) is 4.79 Å². The van der Waals surface area contributed by atoms with Crippen molar-refractivity contribution in [3.8, 4) is 0 Å². The van der Waals surface area contributed by atoms with Crippen LogP contribution in [-0.2, 0) is 11.2 Å². The minimum atomic E-state index is 0.0567. The van der Waals surface area contributed by atoms with Gasteiger partial charge in [-0.15, -0.1) is 11.3 Å². The maximum atomic E-state index is 12.4. The van der Waals surface area contributed by atoms with Crippen LogP contribution in [0, 0.1) is 6.92 Å². The van der Waals surface area contributed by atoms with Crippen LogP contribution in [0.5, 0.6) is 0 Å². The largest absolute Gasteiger partial charge is 0.376 e. The molecule has 1 N–H and O–H groups in total. The summed E-state index contributed by atoms with van der Waals surface area (Å²) in [5.74, 6) is 0. The summed E-state index contributed by atoms with van der Waals surface area (Å²) >= 11 is 1.70. The minimum absolute atomic E-state index is 0.0567. The third-order valence-corrected chi connectivity index (χ3v) is 5.21. The lowest BCUT2D eigenvalue weighted by Crippen LogP contribution is -2.47. The van der Waals surface area contributed by atoms with Gasteiger partial charge < -0.3 is 15.0 Å². The molecule has 0 radical (unpaired) electrons. The van der Waals surface area contributed by atoms with E-state index in [4.69, 9.17) is 4.74 Å². The average Bonchev–Trinajstić information content (AvgIpc) is 3.19. The molecule has 5 nitrogen and oxygen atoms in total. The van der Waals surface area contributed by atoms with Gasteiger partial charge in [0, 0.05) is 37.2 Å². The van der Waals surface area contributed by atoms with Gasteiger partial charge in [0.1, 0.15) is 0 Å². The first-order valence-corrected chi connectivity index (χ1v) is 8.63. The molecule has 2 atom stereocenters. The number of nitrogens with zero attached hydrogens (tertiary/aromatic N) is 2. The lowest BCUT2D eigenvalue weighted by Gasteiger charge is -2.28. The lowest BCUT2D eigenvalue weighted by atomic mass is 10.1. The van der Waals surface area contributed by atoms with Crippen molar-refractivity contribution < 1.29 is 9.53 Å². The second-order valence-electron chi connectivity index (χ2n) is 5.80. The van der Waals surface area contributed by atoms with Crippen LogP contribution in [0.3, 0.4) is 0 Å². The molecule has 6 heteroatoms. The molecule has 2 saturated heterocycles. The van der Waals surface area contributed by atoms with Gasteiger partial charge in [-0.3, -0.25) is 0 Å². The molecule has 0 bridgehead atoms. The monoisotopic (exact) mass is 309 g/mol. The van der Waals surface area contributed by atoms with Gasteiger partial charge in [0.15, 0.2) is 0 Å². The van der Waals surface area contributed by atoms with Crippen LogP contribution in [0.25, 0.3) is 0 Å². The molecule has 0 spiro atoms. The van der Waals surface area contributed by atoms with Crippen molar-refractivity contribution in [3.05, 3.63) is 16.1 Å². The highest BCUT2D eigenvalue weighted by atomic mass is 32.1. The molecule has 2 aliphatic rings. The predicted octanol–water partition coefficient (Wildman–Crippen LogP) is 2.35. The Hall–Kier alpha value is -1.14. The van der Waals surface area contributed by atoms with E-state index in [1.54, 1.807) is 11.3 Å². The Morgan fingerprint density at radius 1 is 1.52 bits per heavy atom. The average molecular weight is 309 g/mol. The highest BCUT2D eigenvalue weighted by Crippen LogP contribution is 2.27. The van der Waals surface area contributed by atoms with Crippen LogP contribution in [0.4, 0.5) is 4.79 Å². The summed E-state index contributed by atoms with van der Waals surface area (Å²) in [5, 5.41) is 4.12. The molecule has 0 aromatic carbocycles. The molecule has 3 heterocycles. The van der Waals surface area contributed by atoms with E-state index < -0.39 is 0 Å². The normalized spacial score (nSPS) is 25.5. The molecule has 2 aliphatic heterocycles. The number of thiazole rings is 1. The Labute approximate surface area is 129 Å². The van der Waals surface area contributed by atoms with E-state index in [2.05, 4.69) is 17.2 Å². The van der Waals surface area contributed by atoms with Crippen LogP contribution in [0.2, 0.25) is 0 Å². The molecule has 1 aromatic rings. The van der Waals surface area contributed by atoms with Gasteiger partial charge in [0.2, 0.25) is 0 Å². The second kappa shape index (κ2) is 6.75. The fourth-order valence-corrected chi connectivity index (χ4v) is 4.02. The van der Waals surface area contributed by atoms with Crippen molar-refractivity contribution in [1.29, 1.82) is 0 Å². The molecule has 2 fully saturated rings. The predicted molar refractivity (Wildman–Crippen MR) is 82.7 cm³/mol. The number of amides is 2. The van der Waals surface area contributed by atoms with E-state index in [0.717, 1.165) is 50.3 Å². The number of nitrogens with one attached hydrogen (secondary N) is 1. The van der Waals surface area contributed by atoms with E-state index >= 15 is 0 Å². The Bertz CT molecular complexity index is 485. The number of hydrogen-bond acceptors (Lipinski definition) is 4. The number of aryl methyl sites for hydroxylation is 1. The SMILES string of the molecule is Cc1cnc(CCNC(=O)N2CCC[C@H]2[C@H]2CCCO2)s1. The van der Waals surface area contributed by atoms with Crippen LogP contribution < -0.4 is 5.32 Å². The fourth-order valence-electron chi connectivity index (χ4n) is 3.23. The standard InChI is InChI=1S/C15H23N3O2S/c1-11-10-17-14(21-11)6-7-16-15(19)18-8-2-4-12(18)13-5-3-9-20-13/h10,12-13H,2-9H2,1H3,(H,16,19)/t12-,13+/m0/s1. The van der Waals surface area contributed by atoms with Gasteiger partial charge in [0.25, 0.3) is 0 Å². The van der Waals surface area contributed by atoms with Crippen molar-refractivity contribution in [3.63, 3.8) is 0 Å². The van der Waals surface area contributed by atoms with E-state index in [-0.39, 0.29) is 18.2 Å². The van der Waals surface area contributed by atoms with Gasteiger partial charge in [-0.2, -0.15) is 0 Å². The Morgan fingerprint density at radius 3 is 3.14 bits per heavy atom. The van der Waals surface area contributed by atoms with Crippen LogP contribution in [0.1, 0.15) is 35.6 Å². The minimum Gasteiger partial charge on any atom is -0.376 e. The fraction of sp³-hybridized carbons (Fsp3) is 0.733. The molecule has 0 aliphatic carbocycles. The quantitative estimate of drug-likeness (QED) is 0.929. The lowest BCUT2D eigenvalue weighted by molar-refractivity contribution is 0.0521. The maximum absolute atomic E-state index is 12.4. The number of ether oxygens (including phenoxy) is 1. The van der Waals surface area contributed by atoms with E-state index in [1.165, 1.54) is 4.88 Å². The molecule has 21 heavy (non-hydrogen) atoms. The Kier molecular flexibility index (Phi) is 4.75. The number of hydrogen-bond donors (Lipinski definition) is 1. The smallest absolute Gasteiger partial charge is 0.317 e. The summed E-state index contributed by atoms with van der Waals surface area (Å²) in [5.41, 5.74) is 0. The third-order valence-electron chi connectivity index (χ3n) is 4.24. The van der Waals surface area contributed by atoms with Gasteiger partial charge in [-0.25, -0.2) is 9.78 Å². The molecule has 2 amide bonds. The summed E-state index contributed by atoms with van der Waals surface area (Å²) in [7, 11) is 0. The maximum Gasteiger partial charge on any atom is 0.317 e. The van der Waals surface area contributed by atoms with Crippen molar-refractivity contribution >= 4 is 17.4 Å². The second-order valence-corrected chi connectivity index (χ2v) is 7.12. The van der Waals surface area contributed by atoms with Gasteiger partial charge in [-0.05, 0) is 32.6 Å². The van der Waals surface area contributed by atoms with E-state index in [1.807, 2.05) is 11.1 Å². The first kappa shape index (κ1) is 14.8. The molecular formula is C15H23N3O2S. The zero-order valence-corrected chi connectivity index (χ0v) is 13.3. The Balaban J connectivity index is 1.47. The number of rotatable bonds is 4. The Morgan fingerprint density at radius 2 is 2.43 bits per heavy atom. The topological polar surface area (TPSA) is 54.5 Å². The summed E-state index contributed by atoms with van der Waals surface area (Å²) in [6.07, 6.45) is 7.32. The van der Waals surface area contributed by atoms with Crippen molar-refractivity contribution in [2.45, 2.75) is 51.2 Å². The summed E-state index contributed by atoms with van der Waals surface area (Å²) in [6, 6.07) is 0.330. The zero-order chi connectivity index (χ0) is 14.7. The van der Waals surface area contributed by atoms with Crippen molar-refractivity contribution in [2.24, 2.45) is 0 Å². The first-order valence-electron chi connectivity index (χ1n) is 7.81. The number of carbonyl (C=O) groups is 1. The van der Waals surface area contributed by atoms with Gasteiger partial charge >= 0.3 is 6.03 Å². The first-order chi connectivity index (χ1) is 10.2. The zero-order valence-electron chi connectivity index (χ0n) is 12.5. The third kappa shape index (κ3) is 3.55. The molecule has 1 aromatic heterocycles. The highest BCUT2D eigenvalue weighted by Gasteiger charge is 2.36. The molecule has 0 unspecified atom stereocenters. The van der Waals surface area contributed by atoms with Crippen molar-refractivity contribution in [1.82, 2.24) is 15.2 Å². The summed E-state index contributed by atoms with van der Waals surface area (Å²) in [4.78, 5) is 19.9. The molecule has 116 valence electrons. The summed E-state index contributed by atoms with van der Waals surface area (Å²) in [6.45, 7) is 4.41. The van der Waals surface area contributed by atoms with Crippen LogP contribution in [0.15, 0.2) is 6.20 Å². The van der Waals surface area contributed by atoms with Crippen molar-refractivity contribution in [2.75, 3.05) is 19.7 Å². The highest BCUT2D eigenvalue weighted by molar-refractivity contribution is 7.11. The number of likely N-dealkylation sites (tertiary alicyclic amines) is 1. The van der Waals surface area contributed by atoms with Gasteiger partial charge in [0.05, 0.1) is 17.2 Å². The van der Waals surface area contributed by atoms with Crippen LogP contribution >= 0.6 is 11.3 Å². The molecule has 3 rings (SSSR count). The van der Waals surface area contributed by atoms with Gasteiger partial charge in [-0.1, -0.05) is 0 Å². The number of urea groups is 1. The molecule has 0 saturated carbocycles. The number of carbonyl (C=O) groups excluding carboxylic acids is 1. The van der Waals surface area contributed by atoms with Crippen LogP contribution in [-0.4, -0.2) is 47.8 Å². The summed E-state index contributed by atoms with van der Waals surface area (Å²) < 4.78 is 5.76.